The number of aliphatic imine (C=N–C) groups is 1. The van der Waals surface area contributed by atoms with Crippen molar-refractivity contribution >= 4 is 29.0 Å². The highest BCUT2D eigenvalue weighted by molar-refractivity contribution is 6.42. The van der Waals surface area contributed by atoms with E-state index in [0.717, 1.165) is 0 Å². The van der Waals surface area contributed by atoms with Crippen molar-refractivity contribution in [2.75, 3.05) is 11.9 Å². The van der Waals surface area contributed by atoms with Gasteiger partial charge in [-0.3, -0.25) is 9.79 Å². The largest absolute Gasteiger partial charge is 0.506 e. The fraction of sp³-hybridized carbons (Fsp3) is 0.273. The minimum atomic E-state index is -0.382. The number of phenolic OH excluding ortho intramolecular Hbond substituents is 1. The molecule has 0 aliphatic carbocycles. The van der Waals surface area contributed by atoms with Gasteiger partial charge in [0, 0.05) is 11.1 Å². The van der Waals surface area contributed by atoms with Crippen LogP contribution in [0.3, 0.4) is 0 Å². The van der Waals surface area contributed by atoms with Gasteiger partial charge in [0.05, 0.1) is 12.2 Å². The molecule has 0 spiro atoms. The molecule has 0 aromatic heterocycles. The van der Waals surface area contributed by atoms with Crippen LogP contribution in [0.1, 0.15) is 6.92 Å². The molecule has 6 heteroatoms. The van der Waals surface area contributed by atoms with Gasteiger partial charge in [-0.05, 0) is 25.1 Å². The molecule has 90 valence electrons. The summed E-state index contributed by atoms with van der Waals surface area (Å²) < 4.78 is 0. The topological polar surface area (TPSA) is 73.7 Å². The molecule has 0 fully saturated rings. The molecule has 1 atom stereocenters. The molecule has 1 aliphatic heterocycles. The average molecular weight is 254 g/mol. The van der Waals surface area contributed by atoms with Crippen LogP contribution >= 0.6 is 11.6 Å². The molecule has 1 amide bonds. The number of carbonyl (C=O) groups excluding carboxylic acids is 1. The summed E-state index contributed by atoms with van der Waals surface area (Å²) in [4.78, 5) is 15.8. The van der Waals surface area contributed by atoms with Crippen LogP contribution in [0.5, 0.6) is 5.75 Å². The molecule has 0 radical (unpaired) electrons. The van der Waals surface area contributed by atoms with Crippen LogP contribution in [0.2, 0.25) is 5.02 Å². The Morgan fingerprint density at radius 1 is 1.65 bits per heavy atom. The van der Waals surface area contributed by atoms with Crippen molar-refractivity contribution in [1.82, 2.24) is 5.32 Å². The second-order valence-electron chi connectivity index (χ2n) is 3.85. The average Bonchev–Trinajstić information content (AvgIpc) is 2.70. The van der Waals surface area contributed by atoms with Crippen molar-refractivity contribution < 1.29 is 9.90 Å². The summed E-state index contributed by atoms with van der Waals surface area (Å²) in [5.41, 5.74) is 0.270. The Morgan fingerprint density at radius 3 is 3.06 bits per heavy atom. The highest BCUT2D eigenvalue weighted by Crippen LogP contribution is 2.26. The lowest BCUT2D eigenvalue weighted by molar-refractivity contribution is -0.110. The van der Waals surface area contributed by atoms with Crippen molar-refractivity contribution in [2.45, 2.75) is 13.0 Å². The maximum Gasteiger partial charge on any atom is 0.290 e. The second kappa shape index (κ2) is 4.63. The van der Waals surface area contributed by atoms with Crippen LogP contribution in [0.15, 0.2) is 23.2 Å². The first-order valence-electron chi connectivity index (χ1n) is 5.17. The number of aromatic hydroxyl groups is 1. The van der Waals surface area contributed by atoms with Crippen molar-refractivity contribution in [3.63, 3.8) is 0 Å². The monoisotopic (exact) mass is 253 g/mol. The first kappa shape index (κ1) is 11.7. The van der Waals surface area contributed by atoms with E-state index in [-0.39, 0.29) is 29.2 Å². The molecular formula is C11H12ClN3O2. The summed E-state index contributed by atoms with van der Waals surface area (Å²) in [5.74, 6) is -0.141. The van der Waals surface area contributed by atoms with E-state index in [0.29, 0.717) is 11.6 Å². The molecule has 3 N–H and O–H groups in total. The number of phenols is 1. The lowest BCUT2D eigenvalue weighted by Crippen LogP contribution is -2.36. The smallest absolute Gasteiger partial charge is 0.290 e. The van der Waals surface area contributed by atoms with Crippen molar-refractivity contribution in [3.8, 4) is 5.75 Å². The zero-order valence-electron chi connectivity index (χ0n) is 9.20. The summed E-state index contributed by atoms with van der Waals surface area (Å²) in [5, 5.41) is 15.5. The molecule has 1 heterocycles. The third-order valence-corrected chi connectivity index (χ3v) is 2.56. The van der Waals surface area contributed by atoms with Crippen LogP contribution < -0.4 is 10.6 Å². The Kier molecular flexibility index (Phi) is 3.19. The van der Waals surface area contributed by atoms with E-state index < -0.39 is 0 Å². The number of nitrogens with zero attached hydrogens (tertiary/aromatic N) is 1. The van der Waals surface area contributed by atoms with Gasteiger partial charge in [0.25, 0.3) is 5.91 Å². The Bertz CT molecular complexity index is 488. The Balaban J connectivity index is 2.11. The zero-order chi connectivity index (χ0) is 12.4. The number of amides is 1. The van der Waals surface area contributed by atoms with Gasteiger partial charge in [0.15, 0.2) is 5.84 Å². The molecule has 0 bridgehead atoms. The van der Waals surface area contributed by atoms with E-state index in [2.05, 4.69) is 15.6 Å². The maximum absolute atomic E-state index is 11.8. The van der Waals surface area contributed by atoms with E-state index >= 15 is 0 Å². The first-order valence-corrected chi connectivity index (χ1v) is 5.55. The Morgan fingerprint density at radius 2 is 2.41 bits per heavy atom. The SMILES string of the molecule is CC1CN=C(C(=O)Nc2cc(Cl)ccc2O)N1. The molecule has 1 aromatic rings. The molecule has 0 saturated heterocycles. The van der Waals surface area contributed by atoms with E-state index in [1.165, 1.54) is 12.1 Å². The number of nitrogens with one attached hydrogen (secondary N) is 2. The number of hydrogen-bond donors (Lipinski definition) is 3. The summed E-state index contributed by atoms with van der Waals surface area (Å²) in [6.07, 6.45) is 0. The van der Waals surface area contributed by atoms with Gasteiger partial charge in [-0.2, -0.15) is 0 Å². The number of benzene rings is 1. The number of amidine groups is 1. The minimum Gasteiger partial charge on any atom is -0.506 e. The van der Waals surface area contributed by atoms with Gasteiger partial charge < -0.3 is 15.7 Å². The first-order chi connectivity index (χ1) is 8.06. The molecule has 1 aliphatic rings. The van der Waals surface area contributed by atoms with Gasteiger partial charge in [-0.1, -0.05) is 11.6 Å². The minimum absolute atomic E-state index is 0.0330. The van der Waals surface area contributed by atoms with Gasteiger partial charge in [-0.15, -0.1) is 0 Å². The molecule has 2 rings (SSSR count). The predicted octanol–water partition coefficient (Wildman–Crippen LogP) is 1.37. The van der Waals surface area contributed by atoms with Crippen molar-refractivity contribution in [3.05, 3.63) is 23.2 Å². The highest BCUT2D eigenvalue weighted by atomic mass is 35.5. The van der Waals surface area contributed by atoms with Gasteiger partial charge in [0.1, 0.15) is 5.75 Å². The molecule has 1 aromatic carbocycles. The lowest BCUT2D eigenvalue weighted by atomic mass is 10.3. The van der Waals surface area contributed by atoms with Crippen LogP contribution in [0.25, 0.3) is 0 Å². The van der Waals surface area contributed by atoms with E-state index in [4.69, 9.17) is 11.6 Å². The Hall–Kier alpha value is -1.75. The predicted molar refractivity (Wildman–Crippen MR) is 66.6 cm³/mol. The van der Waals surface area contributed by atoms with E-state index in [9.17, 15) is 9.90 Å². The zero-order valence-corrected chi connectivity index (χ0v) is 9.95. The standard InChI is InChI=1S/C11H12ClN3O2/c1-6-5-13-10(14-6)11(17)15-8-4-7(12)2-3-9(8)16/h2-4,6,16H,5H2,1H3,(H,13,14)(H,15,17). The number of hydrogen-bond acceptors (Lipinski definition) is 4. The summed E-state index contributed by atoms with van der Waals surface area (Å²) in [7, 11) is 0. The summed E-state index contributed by atoms with van der Waals surface area (Å²) in [6, 6.07) is 4.60. The molecule has 1 unspecified atom stereocenters. The number of rotatable bonds is 2. The number of halogens is 1. The normalized spacial score (nSPS) is 18.5. The molecule has 0 saturated carbocycles. The van der Waals surface area contributed by atoms with Crippen LogP contribution in [-0.2, 0) is 4.79 Å². The summed E-state index contributed by atoms with van der Waals surface area (Å²) in [6.45, 7) is 2.50. The molecule has 17 heavy (non-hydrogen) atoms. The fourth-order valence-corrected chi connectivity index (χ4v) is 1.65. The van der Waals surface area contributed by atoms with E-state index in [1.807, 2.05) is 6.92 Å². The third kappa shape index (κ3) is 2.68. The molecule has 5 nitrogen and oxygen atoms in total. The van der Waals surface area contributed by atoms with Crippen molar-refractivity contribution in [1.29, 1.82) is 0 Å². The third-order valence-electron chi connectivity index (χ3n) is 2.33. The second-order valence-corrected chi connectivity index (χ2v) is 4.29. The highest BCUT2D eigenvalue weighted by Gasteiger charge is 2.20. The van der Waals surface area contributed by atoms with Gasteiger partial charge >= 0.3 is 0 Å². The maximum atomic E-state index is 11.8. The number of anilines is 1. The van der Waals surface area contributed by atoms with Crippen molar-refractivity contribution in [2.24, 2.45) is 4.99 Å². The van der Waals surface area contributed by atoms with Gasteiger partial charge in [-0.25, -0.2) is 0 Å². The van der Waals surface area contributed by atoms with Gasteiger partial charge in [0.2, 0.25) is 0 Å². The van der Waals surface area contributed by atoms with Crippen LogP contribution in [-0.4, -0.2) is 29.4 Å². The number of carbonyl (C=O) groups is 1. The fourth-order valence-electron chi connectivity index (χ4n) is 1.48. The quantitative estimate of drug-likeness (QED) is 0.697. The van der Waals surface area contributed by atoms with Crippen LogP contribution in [0.4, 0.5) is 5.69 Å². The Labute approximate surface area is 104 Å². The van der Waals surface area contributed by atoms with E-state index in [1.54, 1.807) is 6.07 Å². The lowest BCUT2D eigenvalue weighted by Gasteiger charge is -2.09. The van der Waals surface area contributed by atoms with Crippen LogP contribution in [0, 0.1) is 0 Å². The summed E-state index contributed by atoms with van der Waals surface area (Å²) >= 11 is 5.77. The molecular weight excluding hydrogens is 242 g/mol.